The molecule has 0 aromatic heterocycles. The smallest absolute Gasteiger partial charge is 0.141 e. The van der Waals surface area contributed by atoms with Crippen molar-refractivity contribution >= 4 is 5.57 Å². The van der Waals surface area contributed by atoms with Gasteiger partial charge in [0.05, 0.1) is 0 Å². The number of hydrogen-bond acceptors (Lipinski definition) is 1. The predicted octanol–water partition coefficient (Wildman–Crippen LogP) is 6.09. The molecule has 1 aliphatic carbocycles. The molecule has 0 unspecified atom stereocenters. The topological polar surface area (TPSA) is 20.2 Å². The molecule has 0 heterocycles. The SMILES string of the molecule is CC1=CCC(c2ccccc2C(O)(c2ccccc2)c2ccccc2)=C1C. The van der Waals surface area contributed by atoms with E-state index in [1.165, 1.54) is 16.7 Å². The summed E-state index contributed by atoms with van der Waals surface area (Å²) in [5, 5.41) is 12.2. The molecule has 1 heteroatoms. The third-order valence-electron chi connectivity index (χ3n) is 5.68. The normalized spacial score (nSPS) is 14.4. The van der Waals surface area contributed by atoms with Crippen LogP contribution in [-0.4, -0.2) is 5.11 Å². The second-order valence-electron chi connectivity index (χ2n) is 7.18. The van der Waals surface area contributed by atoms with E-state index < -0.39 is 5.60 Å². The van der Waals surface area contributed by atoms with E-state index in [1.54, 1.807) is 0 Å². The van der Waals surface area contributed by atoms with Crippen LogP contribution in [0.15, 0.2) is 102 Å². The van der Waals surface area contributed by atoms with Crippen LogP contribution in [0.1, 0.15) is 42.5 Å². The molecule has 1 nitrogen and oxygen atoms in total. The molecule has 0 amide bonds. The van der Waals surface area contributed by atoms with E-state index in [4.69, 9.17) is 0 Å². The van der Waals surface area contributed by atoms with Gasteiger partial charge in [-0.1, -0.05) is 96.6 Å². The van der Waals surface area contributed by atoms with E-state index in [0.717, 1.165) is 28.7 Å². The van der Waals surface area contributed by atoms with Crippen molar-refractivity contribution in [3.63, 3.8) is 0 Å². The van der Waals surface area contributed by atoms with Gasteiger partial charge in [-0.2, -0.15) is 0 Å². The first-order valence-electron chi connectivity index (χ1n) is 9.42. The van der Waals surface area contributed by atoms with Crippen LogP contribution in [-0.2, 0) is 5.60 Å². The average Bonchev–Trinajstić information content (AvgIpc) is 3.07. The predicted molar refractivity (Wildman–Crippen MR) is 112 cm³/mol. The van der Waals surface area contributed by atoms with Crippen molar-refractivity contribution in [2.24, 2.45) is 0 Å². The molecular weight excluding hydrogens is 328 g/mol. The number of aliphatic hydroxyl groups is 1. The number of allylic oxidation sites excluding steroid dienone is 4. The first-order valence-corrected chi connectivity index (χ1v) is 9.42. The van der Waals surface area contributed by atoms with Crippen molar-refractivity contribution in [3.8, 4) is 0 Å². The van der Waals surface area contributed by atoms with Gasteiger partial charge in [0.25, 0.3) is 0 Å². The fourth-order valence-electron chi connectivity index (χ4n) is 4.01. The highest BCUT2D eigenvalue weighted by molar-refractivity contribution is 5.79. The maximum absolute atomic E-state index is 12.2. The van der Waals surface area contributed by atoms with E-state index in [1.807, 2.05) is 66.7 Å². The Bertz CT molecular complexity index is 971. The van der Waals surface area contributed by atoms with Gasteiger partial charge in [-0.15, -0.1) is 0 Å². The second kappa shape index (κ2) is 7.02. The van der Waals surface area contributed by atoms with Gasteiger partial charge in [0, 0.05) is 5.56 Å². The number of rotatable bonds is 4. The second-order valence-corrected chi connectivity index (χ2v) is 7.18. The van der Waals surface area contributed by atoms with Crippen LogP contribution in [0.2, 0.25) is 0 Å². The first-order chi connectivity index (χ1) is 13.1. The van der Waals surface area contributed by atoms with Crippen molar-refractivity contribution < 1.29 is 5.11 Å². The highest BCUT2D eigenvalue weighted by Crippen LogP contribution is 2.43. The lowest BCUT2D eigenvalue weighted by molar-refractivity contribution is 0.125. The minimum absolute atomic E-state index is 0.879. The molecule has 0 saturated carbocycles. The van der Waals surface area contributed by atoms with Gasteiger partial charge < -0.3 is 5.11 Å². The number of hydrogen-bond donors (Lipinski definition) is 1. The molecule has 3 aromatic rings. The fourth-order valence-corrected chi connectivity index (χ4v) is 4.01. The lowest BCUT2D eigenvalue weighted by Crippen LogP contribution is -2.30. The van der Waals surface area contributed by atoms with Gasteiger partial charge in [0.1, 0.15) is 5.60 Å². The van der Waals surface area contributed by atoms with Crippen LogP contribution in [0.25, 0.3) is 5.57 Å². The molecule has 1 aliphatic rings. The zero-order valence-electron chi connectivity index (χ0n) is 15.8. The highest BCUT2D eigenvalue weighted by Gasteiger charge is 2.36. The van der Waals surface area contributed by atoms with E-state index in [0.29, 0.717) is 0 Å². The average molecular weight is 352 g/mol. The standard InChI is InChI=1S/C26H24O/c1-19-17-18-23(20(19)2)24-15-9-10-16-25(24)26(27,21-11-5-3-6-12-21)22-13-7-4-8-14-22/h3-17,27H,18H2,1-2H3. The minimum Gasteiger partial charge on any atom is -0.376 e. The Hall–Kier alpha value is -2.90. The summed E-state index contributed by atoms with van der Waals surface area (Å²) in [5.74, 6) is 0. The Morgan fingerprint density at radius 1 is 0.704 bits per heavy atom. The summed E-state index contributed by atoms with van der Waals surface area (Å²) in [5.41, 5.74) is 6.54. The summed E-state index contributed by atoms with van der Waals surface area (Å²) in [4.78, 5) is 0. The Kier molecular flexibility index (Phi) is 4.55. The Labute approximate surface area is 161 Å². The molecule has 0 fully saturated rings. The number of benzene rings is 3. The van der Waals surface area contributed by atoms with Crippen molar-refractivity contribution in [1.82, 2.24) is 0 Å². The van der Waals surface area contributed by atoms with Crippen LogP contribution in [0.5, 0.6) is 0 Å². The van der Waals surface area contributed by atoms with Gasteiger partial charge in [0.2, 0.25) is 0 Å². The van der Waals surface area contributed by atoms with Crippen LogP contribution in [0.4, 0.5) is 0 Å². The Balaban J connectivity index is 1.99. The van der Waals surface area contributed by atoms with E-state index in [-0.39, 0.29) is 0 Å². The Morgan fingerprint density at radius 2 is 1.22 bits per heavy atom. The summed E-state index contributed by atoms with van der Waals surface area (Å²) in [6.45, 7) is 4.33. The van der Waals surface area contributed by atoms with Crippen molar-refractivity contribution in [2.45, 2.75) is 25.9 Å². The fraction of sp³-hybridized carbons (Fsp3) is 0.154. The van der Waals surface area contributed by atoms with Crippen LogP contribution in [0, 0.1) is 0 Å². The molecule has 4 rings (SSSR count). The molecule has 0 spiro atoms. The molecule has 0 bridgehead atoms. The van der Waals surface area contributed by atoms with E-state index in [2.05, 4.69) is 38.1 Å². The molecule has 3 aromatic carbocycles. The molecule has 0 aliphatic heterocycles. The maximum Gasteiger partial charge on any atom is 0.141 e. The van der Waals surface area contributed by atoms with Crippen LogP contribution in [0.3, 0.4) is 0 Å². The van der Waals surface area contributed by atoms with Crippen molar-refractivity contribution in [1.29, 1.82) is 0 Å². The summed E-state index contributed by atoms with van der Waals surface area (Å²) in [6.07, 6.45) is 3.18. The first kappa shape index (κ1) is 17.5. The van der Waals surface area contributed by atoms with Gasteiger partial charge in [0.15, 0.2) is 0 Å². The summed E-state index contributed by atoms with van der Waals surface area (Å²) >= 11 is 0. The minimum atomic E-state index is -1.21. The summed E-state index contributed by atoms with van der Waals surface area (Å²) in [7, 11) is 0. The van der Waals surface area contributed by atoms with Crippen LogP contribution >= 0.6 is 0 Å². The van der Waals surface area contributed by atoms with E-state index in [9.17, 15) is 5.11 Å². The monoisotopic (exact) mass is 352 g/mol. The molecular formula is C26H24O. The highest BCUT2D eigenvalue weighted by atomic mass is 16.3. The van der Waals surface area contributed by atoms with Gasteiger partial charge in [-0.3, -0.25) is 0 Å². The quantitative estimate of drug-likeness (QED) is 0.563. The zero-order chi connectivity index (χ0) is 18.9. The maximum atomic E-state index is 12.2. The zero-order valence-corrected chi connectivity index (χ0v) is 15.8. The third-order valence-corrected chi connectivity index (χ3v) is 5.68. The Morgan fingerprint density at radius 3 is 1.74 bits per heavy atom. The molecule has 27 heavy (non-hydrogen) atoms. The van der Waals surface area contributed by atoms with Gasteiger partial charge >= 0.3 is 0 Å². The van der Waals surface area contributed by atoms with E-state index >= 15 is 0 Å². The van der Waals surface area contributed by atoms with Gasteiger partial charge in [-0.25, -0.2) is 0 Å². The summed E-state index contributed by atoms with van der Waals surface area (Å²) < 4.78 is 0. The molecule has 0 saturated heterocycles. The summed E-state index contributed by atoms with van der Waals surface area (Å²) in [6, 6.07) is 28.2. The van der Waals surface area contributed by atoms with Crippen molar-refractivity contribution in [2.75, 3.05) is 0 Å². The molecule has 0 atom stereocenters. The lowest BCUT2D eigenvalue weighted by Gasteiger charge is -2.32. The lowest BCUT2D eigenvalue weighted by atomic mass is 9.77. The molecule has 1 N–H and O–H groups in total. The van der Waals surface area contributed by atoms with Crippen LogP contribution < -0.4 is 0 Å². The molecule has 0 radical (unpaired) electrons. The molecule has 134 valence electrons. The third kappa shape index (κ3) is 2.94. The largest absolute Gasteiger partial charge is 0.376 e. The van der Waals surface area contributed by atoms with Gasteiger partial charge in [-0.05, 0) is 48.1 Å². The van der Waals surface area contributed by atoms with Crippen molar-refractivity contribution in [3.05, 3.63) is 124 Å².